The van der Waals surface area contributed by atoms with Crippen molar-refractivity contribution in [3.8, 4) is 5.69 Å². The van der Waals surface area contributed by atoms with E-state index in [2.05, 4.69) is 9.97 Å². The molecule has 0 amide bonds. The molecule has 0 radical (unpaired) electrons. The Kier molecular flexibility index (Phi) is 4.48. The molecule has 4 aromatic rings. The number of rotatable bonds is 3. The number of halogens is 1. The Morgan fingerprint density at radius 3 is 2.64 bits per heavy atom. The van der Waals surface area contributed by atoms with Crippen LogP contribution in [0.5, 0.6) is 0 Å². The van der Waals surface area contributed by atoms with Crippen LogP contribution in [-0.4, -0.2) is 36.5 Å². The molecule has 4 heterocycles. The predicted octanol–water partition coefficient (Wildman–Crippen LogP) is 2.98. The van der Waals surface area contributed by atoms with E-state index in [1.54, 1.807) is 16.8 Å². The number of Topliss-reactive ketones (excluding diaryl/α,β-unsaturated/α-hetero) is 1. The summed E-state index contributed by atoms with van der Waals surface area (Å²) >= 11 is 6.30. The van der Waals surface area contributed by atoms with Gasteiger partial charge in [-0.05, 0) is 37.5 Å². The van der Waals surface area contributed by atoms with Crippen LogP contribution in [0, 0.1) is 0 Å². The molecule has 3 aromatic heterocycles. The Hall–Kier alpha value is -3.72. The van der Waals surface area contributed by atoms with E-state index in [4.69, 9.17) is 22.4 Å². The van der Waals surface area contributed by atoms with Crippen molar-refractivity contribution in [3.63, 3.8) is 0 Å². The minimum atomic E-state index is -0.267. The van der Waals surface area contributed by atoms with Crippen LogP contribution >= 0.6 is 11.6 Å². The molecule has 9 nitrogen and oxygen atoms in total. The van der Waals surface area contributed by atoms with Gasteiger partial charge < -0.3 is 10.6 Å². The summed E-state index contributed by atoms with van der Waals surface area (Å²) < 4.78 is 3.11. The third-order valence-corrected chi connectivity index (χ3v) is 6.65. The molecule has 10 heteroatoms. The second-order valence-electron chi connectivity index (χ2n) is 8.29. The summed E-state index contributed by atoms with van der Waals surface area (Å²) in [5, 5.41) is 5.12. The van der Waals surface area contributed by atoms with Gasteiger partial charge in [0.1, 0.15) is 11.3 Å². The molecule has 166 valence electrons. The zero-order valence-corrected chi connectivity index (χ0v) is 18.4. The second kappa shape index (κ2) is 7.41. The van der Waals surface area contributed by atoms with Crippen molar-refractivity contribution in [1.29, 1.82) is 0 Å². The number of nitrogens with two attached hydrogens (primary N) is 1. The van der Waals surface area contributed by atoms with Crippen molar-refractivity contribution in [3.05, 3.63) is 75.1 Å². The van der Waals surface area contributed by atoms with E-state index >= 15 is 0 Å². The first-order chi connectivity index (χ1) is 16.0. The number of carbonyl (C=O) groups is 1. The molecule has 1 aromatic carbocycles. The lowest BCUT2D eigenvalue weighted by Gasteiger charge is -2.43. The van der Waals surface area contributed by atoms with Gasteiger partial charge in [0.15, 0.2) is 11.6 Å². The van der Waals surface area contributed by atoms with Gasteiger partial charge in [0.05, 0.1) is 28.0 Å². The smallest absolute Gasteiger partial charge is 0.284 e. The number of para-hydroxylation sites is 1. The number of benzene rings is 1. The highest BCUT2D eigenvalue weighted by atomic mass is 35.5. The molecule has 1 aliphatic carbocycles. The number of hydrogen-bond acceptors (Lipinski definition) is 7. The maximum atomic E-state index is 13.6. The van der Waals surface area contributed by atoms with Gasteiger partial charge in [-0.1, -0.05) is 29.8 Å². The van der Waals surface area contributed by atoms with Crippen molar-refractivity contribution in [2.75, 3.05) is 17.2 Å². The quantitative estimate of drug-likeness (QED) is 0.499. The monoisotopic (exact) mass is 461 g/mol. The zero-order chi connectivity index (χ0) is 22.7. The van der Waals surface area contributed by atoms with E-state index in [0.29, 0.717) is 58.5 Å². The highest BCUT2D eigenvalue weighted by molar-refractivity contribution is 6.33. The Balaban J connectivity index is 1.55. The summed E-state index contributed by atoms with van der Waals surface area (Å²) in [6.45, 7) is 0.663. The Morgan fingerprint density at radius 1 is 1.06 bits per heavy atom. The fraction of sp³-hybridized carbons (Fsp3) is 0.261. The highest BCUT2D eigenvalue weighted by Gasteiger charge is 2.39. The predicted molar refractivity (Wildman–Crippen MR) is 124 cm³/mol. The normalized spacial score (nSPS) is 17.8. The van der Waals surface area contributed by atoms with Crippen LogP contribution in [0.3, 0.4) is 0 Å². The van der Waals surface area contributed by atoms with Crippen molar-refractivity contribution < 1.29 is 4.79 Å². The summed E-state index contributed by atoms with van der Waals surface area (Å²) in [5.41, 5.74) is 7.99. The summed E-state index contributed by atoms with van der Waals surface area (Å²) in [5.74, 6) is 1.24. The molecule has 2 N–H and O–H groups in total. The van der Waals surface area contributed by atoms with Gasteiger partial charge in [0, 0.05) is 19.2 Å². The van der Waals surface area contributed by atoms with Crippen LogP contribution in [0.4, 0.5) is 11.8 Å². The van der Waals surface area contributed by atoms with E-state index in [9.17, 15) is 9.59 Å². The van der Waals surface area contributed by atoms with Gasteiger partial charge in [-0.2, -0.15) is 10.1 Å². The number of fused-ring (bicyclic) bond motifs is 2. The first kappa shape index (κ1) is 19.9. The molecule has 2 aliphatic rings. The topological polar surface area (TPSA) is 111 Å². The minimum Gasteiger partial charge on any atom is -0.368 e. The lowest BCUT2D eigenvalue weighted by atomic mass is 9.92. The van der Waals surface area contributed by atoms with Gasteiger partial charge in [-0.25, -0.2) is 9.50 Å². The molecule has 0 bridgehead atoms. The fourth-order valence-electron chi connectivity index (χ4n) is 4.73. The van der Waals surface area contributed by atoms with Gasteiger partial charge in [0.2, 0.25) is 5.95 Å². The molecule has 0 unspecified atom stereocenters. The zero-order valence-electron chi connectivity index (χ0n) is 17.6. The van der Waals surface area contributed by atoms with Crippen molar-refractivity contribution >= 4 is 34.7 Å². The third kappa shape index (κ3) is 3.03. The third-order valence-electron chi connectivity index (χ3n) is 6.34. The molecule has 1 aliphatic heterocycles. The summed E-state index contributed by atoms with van der Waals surface area (Å²) in [6.07, 6.45) is 4.33. The molecule has 33 heavy (non-hydrogen) atoms. The Labute approximate surface area is 193 Å². The van der Waals surface area contributed by atoms with Gasteiger partial charge in [-0.15, -0.1) is 0 Å². The largest absolute Gasteiger partial charge is 0.368 e. The number of nitrogens with zero attached hydrogens (tertiary/aromatic N) is 6. The maximum absolute atomic E-state index is 13.6. The minimum absolute atomic E-state index is 0.0259. The average molecular weight is 462 g/mol. The number of hydrogen-bond donors (Lipinski definition) is 1. The highest BCUT2D eigenvalue weighted by Crippen LogP contribution is 2.40. The van der Waals surface area contributed by atoms with Crippen LogP contribution < -0.4 is 16.2 Å². The average Bonchev–Trinajstić information content (AvgIpc) is 3.14. The Morgan fingerprint density at radius 2 is 1.88 bits per heavy atom. The van der Waals surface area contributed by atoms with E-state index in [1.807, 2.05) is 35.2 Å². The van der Waals surface area contributed by atoms with Gasteiger partial charge >= 0.3 is 0 Å². The molecule has 1 fully saturated rings. The fourth-order valence-corrected chi connectivity index (χ4v) is 4.95. The van der Waals surface area contributed by atoms with E-state index in [0.717, 1.165) is 12.8 Å². The number of nitrogen functional groups attached to an aromatic ring is 1. The van der Waals surface area contributed by atoms with Gasteiger partial charge in [-0.3, -0.25) is 14.2 Å². The standard InChI is InChI=1S/C23H20ClN7O2/c24-14-9-12-30-19(14)22(33)31(13-5-2-1-3-6-13)20(28-30)16-10-11-29(16)21-18-15(26-23(25)27-21)7-4-8-17(18)32/h1-3,5-6,9,12,16H,4,7-8,10-11H2,(H2,25,26,27)/t16-/m0/s1. The van der Waals surface area contributed by atoms with Crippen LogP contribution in [-0.2, 0) is 6.42 Å². The van der Waals surface area contributed by atoms with E-state index in [-0.39, 0.29) is 23.3 Å². The molecule has 6 rings (SSSR count). The SMILES string of the molecule is Nc1nc2c(c(N3CC[C@H]3c3nn4ccc(Cl)c4c(=O)n3-c3ccccc3)n1)C(=O)CCC2. The van der Waals surface area contributed by atoms with Crippen LogP contribution in [0.2, 0.25) is 5.02 Å². The van der Waals surface area contributed by atoms with Crippen molar-refractivity contribution in [2.45, 2.75) is 31.7 Å². The van der Waals surface area contributed by atoms with Crippen LogP contribution in [0.25, 0.3) is 11.2 Å². The van der Waals surface area contributed by atoms with Crippen LogP contribution in [0.15, 0.2) is 47.4 Å². The molecule has 0 saturated carbocycles. The summed E-state index contributed by atoms with van der Waals surface area (Å²) in [4.78, 5) is 37.1. The molecular weight excluding hydrogens is 442 g/mol. The molecule has 1 saturated heterocycles. The maximum Gasteiger partial charge on any atom is 0.284 e. The van der Waals surface area contributed by atoms with Crippen molar-refractivity contribution in [2.24, 2.45) is 0 Å². The van der Waals surface area contributed by atoms with Crippen molar-refractivity contribution in [1.82, 2.24) is 24.1 Å². The molecule has 0 spiro atoms. The molecule has 1 atom stereocenters. The number of aryl methyl sites for hydroxylation is 1. The number of ketones is 1. The lowest BCUT2D eigenvalue weighted by Crippen LogP contribution is -2.46. The van der Waals surface area contributed by atoms with Gasteiger partial charge in [0.25, 0.3) is 5.56 Å². The number of aromatic nitrogens is 5. The van der Waals surface area contributed by atoms with E-state index < -0.39 is 0 Å². The lowest BCUT2D eigenvalue weighted by molar-refractivity contribution is 0.0971. The molecular formula is C23H20ClN7O2. The van der Waals surface area contributed by atoms with E-state index in [1.165, 1.54) is 4.52 Å². The van der Waals surface area contributed by atoms with Crippen LogP contribution in [0.1, 0.15) is 47.2 Å². The Bertz CT molecular complexity index is 1480. The first-order valence-electron chi connectivity index (χ1n) is 10.8. The number of anilines is 2. The second-order valence-corrected chi connectivity index (χ2v) is 8.70. The number of carbonyl (C=O) groups excluding carboxylic acids is 1. The first-order valence-corrected chi connectivity index (χ1v) is 11.2. The summed E-state index contributed by atoms with van der Waals surface area (Å²) in [6, 6.07) is 10.7. The summed E-state index contributed by atoms with van der Waals surface area (Å²) in [7, 11) is 0.